The topological polar surface area (TPSA) is 38.9 Å². The third kappa shape index (κ3) is 4.13. The predicted molar refractivity (Wildman–Crippen MR) is 73.0 cm³/mol. The Hall–Kier alpha value is -1.39. The summed E-state index contributed by atoms with van der Waals surface area (Å²) < 4.78 is 13.0. The highest BCUT2D eigenvalue weighted by Gasteiger charge is 2.05. The summed E-state index contributed by atoms with van der Waals surface area (Å²) in [6, 6.07) is 10.6. The van der Waals surface area contributed by atoms with Crippen molar-refractivity contribution in [2.24, 2.45) is 5.73 Å². The second-order valence-corrected chi connectivity index (χ2v) is 5.18. The van der Waals surface area contributed by atoms with Crippen molar-refractivity contribution in [2.45, 2.75) is 17.4 Å². The molecule has 18 heavy (non-hydrogen) atoms. The van der Waals surface area contributed by atoms with Crippen molar-refractivity contribution in [1.82, 2.24) is 4.98 Å². The zero-order valence-corrected chi connectivity index (χ0v) is 10.7. The number of halogens is 1. The van der Waals surface area contributed by atoms with Gasteiger partial charge in [-0.2, -0.15) is 0 Å². The molecule has 0 spiro atoms. The molecule has 0 saturated heterocycles. The van der Waals surface area contributed by atoms with E-state index in [4.69, 9.17) is 5.73 Å². The van der Waals surface area contributed by atoms with Crippen LogP contribution in [0.5, 0.6) is 0 Å². The summed E-state index contributed by atoms with van der Waals surface area (Å²) in [4.78, 5) is 4.89. The number of pyridine rings is 1. The molecular weight excluding hydrogens is 247 g/mol. The Morgan fingerprint density at radius 2 is 2.00 bits per heavy atom. The van der Waals surface area contributed by atoms with E-state index in [1.165, 1.54) is 17.7 Å². The summed E-state index contributed by atoms with van der Waals surface area (Å²) in [6.07, 6.45) is 4.34. The lowest BCUT2D eigenvalue weighted by molar-refractivity contribution is 0.624. The second-order valence-electron chi connectivity index (χ2n) is 4.09. The first kappa shape index (κ1) is 13.1. The molecule has 2 N–H and O–H groups in total. The molecule has 1 atom stereocenters. The number of nitrogens with zero attached hydrogens (tertiary/aromatic N) is 1. The first-order valence-electron chi connectivity index (χ1n) is 5.77. The summed E-state index contributed by atoms with van der Waals surface area (Å²) in [5.41, 5.74) is 7.23. The molecule has 0 aliphatic carbocycles. The summed E-state index contributed by atoms with van der Waals surface area (Å²) in [5, 5.41) is 0. The highest BCUT2D eigenvalue weighted by atomic mass is 32.2. The molecule has 1 aromatic carbocycles. The Morgan fingerprint density at radius 3 is 2.72 bits per heavy atom. The molecule has 1 unspecified atom stereocenters. The summed E-state index contributed by atoms with van der Waals surface area (Å²) in [7, 11) is 0. The van der Waals surface area contributed by atoms with E-state index < -0.39 is 0 Å². The highest BCUT2D eigenvalue weighted by molar-refractivity contribution is 7.99. The van der Waals surface area contributed by atoms with Gasteiger partial charge in [0.05, 0.1) is 0 Å². The Morgan fingerprint density at radius 1 is 1.22 bits per heavy atom. The lowest BCUT2D eigenvalue weighted by Crippen LogP contribution is -2.25. The molecule has 2 rings (SSSR count). The second kappa shape index (κ2) is 6.52. The zero-order valence-electron chi connectivity index (χ0n) is 9.92. The monoisotopic (exact) mass is 262 g/mol. The van der Waals surface area contributed by atoms with E-state index in [1.54, 1.807) is 30.2 Å². The molecule has 94 valence electrons. The minimum Gasteiger partial charge on any atom is -0.327 e. The largest absolute Gasteiger partial charge is 0.327 e. The molecule has 0 aliphatic rings. The van der Waals surface area contributed by atoms with Gasteiger partial charge in [0.25, 0.3) is 0 Å². The van der Waals surface area contributed by atoms with Crippen LogP contribution in [0.25, 0.3) is 0 Å². The van der Waals surface area contributed by atoms with E-state index in [2.05, 4.69) is 4.98 Å². The van der Waals surface area contributed by atoms with Gasteiger partial charge in [0.1, 0.15) is 5.82 Å². The van der Waals surface area contributed by atoms with Gasteiger partial charge in [-0.1, -0.05) is 6.07 Å². The fourth-order valence-electron chi connectivity index (χ4n) is 1.64. The van der Waals surface area contributed by atoms with Gasteiger partial charge in [0, 0.05) is 29.1 Å². The quantitative estimate of drug-likeness (QED) is 0.842. The number of thioether (sulfide) groups is 1. The van der Waals surface area contributed by atoms with Crippen LogP contribution in [0.4, 0.5) is 4.39 Å². The van der Waals surface area contributed by atoms with Crippen LogP contribution in [0.15, 0.2) is 53.7 Å². The molecule has 0 fully saturated rings. The molecular formula is C14H15FN2S. The van der Waals surface area contributed by atoms with Crippen molar-refractivity contribution in [3.8, 4) is 0 Å². The third-order valence-corrected chi connectivity index (χ3v) is 3.69. The van der Waals surface area contributed by atoms with Crippen molar-refractivity contribution in [3.05, 3.63) is 60.2 Å². The molecule has 2 aromatic rings. The SMILES string of the molecule is NC(CSc1cccc(F)c1)Cc1ccncc1. The van der Waals surface area contributed by atoms with Crippen molar-refractivity contribution in [2.75, 3.05) is 5.75 Å². The van der Waals surface area contributed by atoms with Crippen LogP contribution in [0.2, 0.25) is 0 Å². The molecule has 0 bridgehead atoms. The average molecular weight is 262 g/mol. The normalized spacial score (nSPS) is 12.3. The number of hydrogen-bond donors (Lipinski definition) is 1. The third-order valence-electron chi connectivity index (χ3n) is 2.51. The standard InChI is InChI=1S/C14H15FN2S/c15-12-2-1-3-14(9-12)18-10-13(16)8-11-4-6-17-7-5-11/h1-7,9,13H,8,10,16H2. The van der Waals surface area contributed by atoms with Gasteiger partial charge >= 0.3 is 0 Å². The molecule has 0 saturated carbocycles. The minimum atomic E-state index is -0.206. The van der Waals surface area contributed by atoms with Crippen LogP contribution in [0.3, 0.4) is 0 Å². The van der Waals surface area contributed by atoms with Gasteiger partial charge in [-0.25, -0.2) is 4.39 Å². The molecule has 2 nitrogen and oxygen atoms in total. The van der Waals surface area contributed by atoms with Crippen LogP contribution in [0.1, 0.15) is 5.56 Å². The van der Waals surface area contributed by atoms with Gasteiger partial charge in [0.2, 0.25) is 0 Å². The minimum absolute atomic E-state index is 0.0562. The van der Waals surface area contributed by atoms with Crippen LogP contribution in [-0.4, -0.2) is 16.8 Å². The lowest BCUT2D eigenvalue weighted by atomic mass is 10.1. The van der Waals surface area contributed by atoms with Gasteiger partial charge in [0.15, 0.2) is 0 Å². The Labute approximate surface area is 110 Å². The Bertz CT molecular complexity index is 490. The van der Waals surface area contributed by atoms with Crippen LogP contribution < -0.4 is 5.73 Å². The van der Waals surface area contributed by atoms with Gasteiger partial charge in [-0.15, -0.1) is 11.8 Å². The van der Waals surface area contributed by atoms with E-state index >= 15 is 0 Å². The number of nitrogens with two attached hydrogens (primary N) is 1. The number of benzene rings is 1. The summed E-state index contributed by atoms with van der Waals surface area (Å²) in [6.45, 7) is 0. The zero-order chi connectivity index (χ0) is 12.8. The molecule has 0 radical (unpaired) electrons. The van der Waals surface area contributed by atoms with Gasteiger partial charge in [-0.3, -0.25) is 4.98 Å². The molecule has 0 aliphatic heterocycles. The smallest absolute Gasteiger partial charge is 0.124 e. The maximum Gasteiger partial charge on any atom is 0.124 e. The van der Waals surface area contributed by atoms with E-state index in [-0.39, 0.29) is 11.9 Å². The number of hydrogen-bond acceptors (Lipinski definition) is 3. The van der Waals surface area contributed by atoms with E-state index in [1.807, 2.05) is 18.2 Å². The average Bonchev–Trinajstić information content (AvgIpc) is 2.38. The maximum absolute atomic E-state index is 13.0. The Kier molecular flexibility index (Phi) is 4.73. The lowest BCUT2D eigenvalue weighted by Gasteiger charge is -2.11. The fourth-order valence-corrected chi connectivity index (χ4v) is 2.54. The van der Waals surface area contributed by atoms with Crippen molar-refractivity contribution >= 4 is 11.8 Å². The van der Waals surface area contributed by atoms with Crippen molar-refractivity contribution in [3.63, 3.8) is 0 Å². The van der Waals surface area contributed by atoms with E-state index in [0.717, 1.165) is 17.1 Å². The molecule has 1 aromatic heterocycles. The van der Waals surface area contributed by atoms with E-state index in [0.29, 0.717) is 0 Å². The maximum atomic E-state index is 13.0. The first-order chi connectivity index (χ1) is 8.74. The van der Waals surface area contributed by atoms with Crippen LogP contribution >= 0.6 is 11.8 Å². The predicted octanol–water partition coefficient (Wildman–Crippen LogP) is 2.88. The molecule has 4 heteroatoms. The number of aromatic nitrogens is 1. The first-order valence-corrected chi connectivity index (χ1v) is 6.75. The van der Waals surface area contributed by atoms with E-state index in [9.17, 15) is 4.39 Å². The van der Waals surface area contributed by atoms with Crippen molar-refractivity contribution < 1.29 is 4.39 Å². The number of rotatable bonds is 5. The Balaban J connectivity index is 1.83. The summed E-state index contributed by atoms with van der Waals surface area (Å²) in [5.74, 6) is 0.564. The van der Waals surface area contributed by atoms with Crippen LogP contribution in [-0.2, 0) is 6.42 Å². The highest BCUT2D eigenvalue weighted by Crippen LogP contribution is 2.19. The summed E-state index contributed by atoms with van der Waals surface area (Å²) >= 11 is 1.58. The van der Waals surface area contributed by atoms with Gasteiger partial charge in [-0.05, 0) is 42.3 Å². The fraction of sp³-hybridized carbons (Fsp3) is 0.214. The van der Waals surface area contributed by atoms with Crippen molar-refractivity contribution in [1.29, 1.82) is 0 Å². The van der Waals surface area contributed by atoms with Crippen LogP contribution in [0, 0.1) is 5.82 Å². The van der Waals surface area contributed by atoms with Gasteiger partial charge < -0.3 is 5.73 Å². The molecule has 0 amide bonds. The molecule has 1 heterocycles.